The van der Waals surface area contributed by atoms with Gasteiger partial charge in [0.25, 0.3) is 0 Å². The van der Waals surface area contributed by atoms with Crippen LogP contribution in [0.4, 0.5) is 0 Å². The second kappa shape index (κ2) is 8.94. The number of fused-ring (bicyclic) bond motifs is 1. The summed E-state index contributed by atoms with van der Waals surface area (Å²) in [5.41, 5.74) is 2.32. The lowest BCUT2D eigenvalue weighted by atomic mass is 10.1. The summed E-state index contributed by atoms with van der Waals surface area (Å²) >= 11 is 0. The fourth-order valence-electron chi connectivity index (χ4n) is 2.74. The summed E-state index contributed by atoms with van der Waals surface area (Å²) in [6.07, 6.45) is 1.01. The van der Waals surface area contributed by atoms with E-state index in [-0.39, 0.29) is 18.2 Å². The van der Waals surface area contributed by atoms with Crippen molar-refractivity contribution in [1.82, 2.24) is 4.98 Å². The van der Waals surface area contributed by atoms with Gasteiger partial charge in [-0.05, 0) is 30.7 Å². The molecule has 5 nitrogen and oxygen atoms in total. The smallest absolute Gasteiger partial charge is 0.305 e. The van der Waals surface area contributed by atoms with Gasteiger partial charge in [-0.3, -0.25) is 9.59 Å². The van der Waals surface area contributed by atoms with Crippen molar-refractivity contribution >= 4 is 22.7 Å². The normalized spacial score (nSPS) is 10.6. The van der Waals surface area contributed by atoms with Crippen molar-refractivity contribution in [3.8, 4) is 5.75 Å². The van der Waals surface area contributed by atoms with E-state index in [1.165, 1.54) is 7.11 Å². The van der Waals surface area contributed by atoms with Crippen LogP contribution in [-0.2, 0) is 16.1 Å². The molecule has 0 radical (unpaired) electrons. The first kappa shape index (κ1) is 18.6. The molecule has 0 amide bonds. The molecule has 0 aliphatic rings. The summed E-state index contributed by atoms with van der Waals surface area (Å²) in [7, 11) is 1.34. The number of hydrogen-bond donors (Lipinski definition) is 0. The Morgan fingerprint density at radius 3 is 2.67 bits per heavy atom. The number of para-hydroxylation sites is 1. The number of benzene rings is 2. The second-order valence-corrected chi connectivity index (χ2v) is 6.16. The van der Waals surface area contributed by atoms with Crippen LogP contribution < -0.4 is 4.74 Å². The molecule has 0 saturated heterocycles. The Bertz CT molecular complexity index is 952. The number of ether oxygens (including phenoxy) is 2. The van der Waals surface area contributed by atoms with Crippen LogP contribution in [0.5, 0.6) is 5.75 Å². The Morgan fingerprint density at radius 2 is 1.81 bits per heavy atom. The number of nitrogens with zero attached hydrogens (tertiary/aromatic N) is 1. The Morgan fingerprint density at radius 1 is 0.963 bits per heavy atom. The molecule has 3 aromatic rings. The average molecular weight is 363 g/mol. The van der Waals surface area contributed by atoms with E-state index in [0.29, 0.717) is 30.8 Å². The fourth-order valence-corrected chi connectivity index (χ4v) is 2.74. The number of aromatic nitrogens is 1. The standard InChI is InChI=1S/C22H21NO4/c1-26-22(25)11-5-10-21(24)17-7-4-8-19(14-17)27-15-18-13-12-16-6-2-3-9-20(16)23-18/h2-4,6-9,12-14H,5,10-11,15H2,1H3. The van der Waals surface area contributed by atoms with Crippen LogP contribution in [0.1, 0.15) is 35.3 Å². The second-order valence-electron chi connectivity index (χ2n) is 6.16. The molecule has 1 heterocycles. The summed E-state index contributed by atoms with van der Waals surface area (Å²) in [6, 6.07) is 18.9. The Balaban J connectivity index is 1.59. The maximum atomic E-state index is 12.3. The van der Waals surface area contributed by atoms with E-state index in [0.717, 1.165) is 16.6 Å². The minimum atomic E-state index is -0.303. The van der Waals surface area contributed by atoms with Crippen molar-refractivity contribution in [1.29, 1.82) is 0 Å². The van der Waals surface area contributed by atoms with Crippen LogP contribution in [0.25, 0.3) is 10.9 Å². The number of methoxy groups -OCH3 is 1. The number of carbonyl (C=O) groups excluding carboxylic acids is 2. The maximum absolute atomic E-state index is 12.3. The van der Waals surface area contributed by atoms with E-state index in [1.807, 2.05) is 42.5 Å². The maximum Gasteiger partial charge on any atom is 0.305 e. The number of hydrogen-bond acceptors (Lipinski definition) is 5. The van der Waals surface area contributed by atoms with E-state index in [1.54, 1.807) is 18.2 Å². The summed E-state index contributed by atoms with van der Waals surface area (Å²) in [5.74, 6) is 0.291. The molecule has 27 heavy (non-hydrogen) atoms. The molecule has 2 aromatic carbocycles. The number of rotatable bonds is 8. The highest BCUT2D eigenvalue weighted by Crippen LogP contribution is 2.18. The van der Waals surface area contributed by atoms with Gasteiger partial charge in [0.15, 0.2) is 5.78 Å². The molecule has 3 rings (SSSR count). The van der Waals surface area contributed by atoms with Gasteiger partial charge in [-0.25, -0.2) is 4.98 Å². The predicted octanol–water partition coefficient (Wildman–Crippen LogP) is 4.34. The third kappa shape index (κ3) is 5.14. The fraction of sp³-hybridized carbons (Fsp3) is 0.227. The zero-order chi connectivity index (χ0) is 19.1. The van der Waals surface area contributed by atoms with Crippen LogP contribution in [0, 0.1) is 0 Å². The zero-order valence-corrected chi connectivity index (χ0v) is 15.2. The molecule has 0 unspecified atom stereocenters. The molecule has 0 saturated carbocycles. The van der Waals surface area contributed by atoms with Crippen LogP contribution in [-0.4, -0.2) is 23.8 Å². The Hall–Kier alpha value is -3.21. The van der Waals surface area contributed by atoms with Crippen molar-refractivity contribution in [3.63, 3.8) is 0 Å². The van der Waals surface area contributed by atoms with Crippen LogP contribution in [0.3, 0.4) is 0 Å². The van der Waals surface area contributed by atoms with E-state index in [4.69, 9.17) is 4.74 Å². The van der Waals surface area contributed by atoms with E-state index >= 15 is 0 Å². The van der Waals surface area contributed by atoms with E-state index in [2.05, 4.69) is 9.72 Å². The first-order valence-corrected chi connectivity index (χ1v) is 8.83. The summed E-state index contributed by atoms with van der Waals surface area (Å²) < 4.78 is 10.4. The van der Waals surface area contributed by atoms with Gasteiger partial charge in [0.05, 0.1) is 18.3 Å². The molecule has 0 atom stereocenters. The molecular weight excluding hydrogens is 342 g/mol. The lowest BCUT2D eigenvalue weighted by Gasteiger charge is -2.08. The topological polar surface area (TPSA) is 65.5 Å². The molecule has 1 aromatic heterocycles. The van der Waals surface area contributed by atoms with Crippen molar-refractivity contribution in [3.05, 3.63) is 71.9 Å². The highest BCUT2D eigenvalue weighted by molar-refractivity contribution is 5.96. The third-order valence-corrected chi connectivity index (χ3v) is 4.21. The molecule has 0 aliphatic heterocycles. The highest BCUT2D eigenvalue weighted by Gasteiger charge is 2.09. The third-order valence-electron chi connectivity index (χ3n) is 4.21. The van der Waals surface area contributed by atoms with E-state index in [9.17, 15) is 9.59 Å². The molecular formula is C22H21NO4. The van der Waals surface area contributed by atoms with Crippen molar-refractivity contribution < 1.29 is 19.1 Å². The van der Waals surface area contributed by atoms with Gasteiger partial charge in [-0.15, -0.1) is 0 Å². The van der Waals surface area contributed by atoms with Gasteiger partial charge in [0, 0.05) is 23.8 Å². The molecule has 0 bridgehead atoms. The Kier molecular flexibility index (Phi) is 6.15. The van der Waals surface area contributed by atoms with Gasteiger partial charge < -0.3 is 9.47 Å². The van der Waals surface area contributed by atoms with E-state index < -0.39 is 0 Å². The van der Waals surface area contributed by atoms with Crippen molar-refractivity contribution in [2.24, 2.45) is 0 Å². The number of ketones is 1. The molecule has 0 N–H and O–H groups in total. The minimum Gasteiger partial charge on any atom is -0.487 e. The predicted molar refractivity (Wildman–Crippen MR) is 103 cm³/mol. The number of pyridine rings is 1. The molecule has 0 aliphatic carbocycles. The zero-order valence-electron chi connectivity index (χ0n) is 15.2. The number of esters is 1. The SMILES string of the molecule is COC(=O)CCCC(=O)c1cccc(OCc2ccc3ccccc3n2)c1. The minimum absolute atomic E-state index is 0.0202. The molecule has 138 valence electrons. The Labute approximate surface area is 157 Å². The van der Waals surface area contributed by atoms with Crippen molar-refractivity contribution in [2.75, 3.05) is 7.11 Å². The quantitative estimate of drug-likeness (QED) is 0.440. The summed E-state index contributed by atoms with van der Waals surface area (Å²) in [6.45, 7) is 0.324. The van der Waals surface area contributed by atoms with Gasteiger partial charge >= 0.3 is 5.97 Å². The van der Waals surface area contributed by atoms with Gasteiger partial charge in [-0.2, -0.15) is 0 Å². The molecule has 0 spiro atoms. The van der Waals surface area contributed by atoms with Crippen LogP contribution in [0.15, 0.2) is 60.7 Å². The first-order chi connectivity index (χ1) is 13.2. The molecule has 0 fully saturated rings. The van der Waals surface area contributed by atoms with Crippen LogP contribution in [0.2, 0.25) is 0 Å². The monoisotopic (exact) mass is 363 g/mol. The van der Waals surface area contributed by atoms with Gasteiger partial charge in [-0.1, -0.05) is 36.4 Å². The number of Topliss-reactive ketones (excluding diaryl/α,β-unsaturated/α-hetero) is 1. The lowest BCUT2D eigenvalue weighted by molar-refractivity contribution is -0.140. The first-order valence-electron chi connectivity index (χ1n) is 8.83. The molecule has 5 heteroatoms. The van der Waals surface area contributed by atoms with Gasteiger partial charge in [0.1, 0.15) is 12.4 Å². The van der Waals surface area contributed by atoms with Crippen LogP contribution >= 0.6 is 0 Å². The lowest BCUT2D eigenvalue weighted by Crippen LogP contribution is -2.04. The summed E-state index contributed by atoms with van der Waals surface area (Å²) in [4.78, 5) is 28.0. The average Bonchev–Trinajstić information content (AvgIpc) is 2.72. The van der Waals surface area contributed by atoms with Gasteiger partial charge in [0.2, 0.25) is 0 Å². The van der Waals surface area contributed by atoms with Crippen molar-refractivity contribution in [2.45, 2.75) is 25.9 Å². The largest absolute Gasteiger partial charge is 0.487 e. The highest BCUT2D eigenvalue weighted by atomic mass is 16.5. The number of carbonyl (C=O) groups is 2. The summed E-state index contributed by atoms with van der Waals surface area (Å²) in [5, 5.41) is 1.08.